The Bertz CT molecular complexity index is 229. The van der Waals surface area contributed by atoms with E-state index in [4.69, 9.17) is 5.73 Å². The lowest BCUT2D eigenvalue weighted by Crippen LogP contribution is -2.08. The van der Waals surface area contributed by atoms with Gasteiger partial charge in [-0.1, -0.05) is 0 Å². The van der Waals surface area contributed by atoms with Crippen LogP contribution in [0.4, 0.5) is 0 Å². The Morgan fingerprint density at radius 2 is 2.25 bits per heavy atom. The van der Waals surface area contributed by atoms with E-state index in [1.807, 2.05) is 11.6 Å². The molecule has 0 spiro atoms. The highest BCUT2D eigenvalue weighted by molar-refractivity contribution is 5.09. The van der Waals surface area contributed by atoms with E-state index < -0.39 is 0 Å². The number of nitrogens with zero attached hydrogens (tertiary/aromatic N) is 2. The Labute approximate surface area is 73.3 Å². The zero-order valence-electron chi connectivity index (χ0n) is 7.88. The Morgan fingerprint density at radius 1 is 1.58 bits per heavy atom. The van der Waals surface area contributed by atoms with Crippen LogP contribution in [0.3, 0.4) is 0 Å². The number of rotatable bonds is 3. The van der Waals surface area contributed by atoms with Crippen LogP contribution < -0.4 is 11.9 Å². The highest BCUT2D eigenvalue weighted by Crippen LogP contribution is 2.03. The lowest BCUT2D eigenvalue weighted by Gasteiger charge is -2.00. The van der Waals surface area contributed by atoms with Crippen LogP contribution in [-0.2, 0) is 13.0 Å². The second kappa shape index (κ2) is 4.90. The quantitative estimate of drug-likeness (QED) is 0.706. The molecule has 0 aliphatic rings. The maximum Gasteiger partial charge on any atom is 0.0596 e. The molecule has 0 amide bonds. The Balaban J connectivity index is 0.00000121. The molecule has 0 radical (unpaired) electrons. The first-order valence-electron chi connectivity index (χ1n) is 4.01. The van der Waals surface area contributed by atoms with Crippen LogP contribution in [0.5, 0.6) is 0 Å². The second-order valence-corrected chi connectivity index (χ2v) is 2.63. The van der Waals surface area contributed by atoms with Gasteiger partial charge in [-0.15, -0.1) is 0 Å². The number of nitrogens with two attached hydrogens (primary N) is 1. The third-order valence-electron chi connectivity index (χ3n) is 1.69. The molecule has 1 aromatic rings. The fourth-order valence-electron chi connectivity index (χ4n) is 1.22. The van der Waals surface area contributed by atoms with Crippen LogP contribution in [0.15, 0.2) is 6.07 Å². The third kappa shape index (κ3) is 2.32. The lowest BCUT2D eigenvalue weighted by atomic mass is 10.3. The van der Waals surface area contributed by atoms with Crippen LogP contribution in [0.2, 0.25) is 0 Å². The first kappa shape index (κ1) is 11.1. The summed E-state index contributed by atoms with van der Waals surface area (Å²) >= 11 is 0. The molecule has 0 saturated carbocycles. The van der Waals surface area contributed by atoms with Gasteiger partial charge in [0.2, 0.25) is 0 Å². The zero-order valence-corrected chi connectivity index (χ0v) is 7.88. The van der Waals surface area contributed by atoms with Gasteiger partial charge in [0.25, 0.3) is 0 Å². The van der Waals surface area contributed by atoms with E-state index in [1.54, 1.807) is 0 Å². The monoisotopic (exact) mass is 170 g/mol. The smallest absolute Gasteiger partial charge is 0.0596 e. The summed E-state index contributed by atoms with van der Waals surface area (Å²) < 4.78 is 2.00. The summed E-state index contributed by atoms with van der Waals surface area (Å²) in [6, 6.07) is 2.09. The number of hydrogen-bond donors (Lipinski definition) is 2. The SMILES string of the molecule is CCn1nc(C)cc1CCN.N. The minimum Gasteiger partial charge on any atom is -0.344 e. The summed E-state index contributed by atoms with van der Waals surface area (Å²) in [6.07, 6.45) is 0.925. The average Bonchev–Trinajstić information content (AvgIpc) is 2.32. The summed E-state index contributed by atoms with van der Waals surface area (Å²) in [5, 5.41) is 4.31. The van der Waals surface area contributed by atoms with Crippen molar-refractivity contribution in [1.82, 2.24) is 15.9 Å². The second-order valence-electron chi connectivity index (χ2n) is 2.63. The molecule has 4 nitrogen and oxygen atoms in total. The molecule has 0 aliphatic heterocycles. The fraction of sp³-hybridized carbons (Fsp3) is 0.625. The number of aryl methyl sites for hydroxylation is 2. The van der Waals surface area contributed by atoms with Crippen molar-refractivity contribution in [3.63, 3.8) is 0 Å². The average molecular weight is 170 g/mol. The first-order chi connectivity index (χ1) is 5.27. The topological polar surface area (TPSA) is 78.8 Å². The number of aromatic nitrogens is 2. The molecule has 0 fully saturated rings. The van der Waals surface area contributed by atoms with Crippen molar-refractivity contribution in [2.45, 2.75) is 26.8 Å². The van der Waals surface area contributed by atoms with Gasteiger partial charge in [0.1, 0.15) is 0 Å². The summed E-state index contributed by atoms with van der Waals surface area (Å²) in [5.41, 5.74) is 7.77. The van der Waals surface area contributed by atoms with Gasteiger partial charge in [0.15, 0.2) is 0 Å². The molecule has 1 heterocycles. The Kier molecular flexibility index (Phi) is 4.54. The molecule has 1 rings (SSSR count). The van der Waals surface area contributed by atoms with E-state index >= 15 is 0 Å². The molecule has 0 bridgehead atoms. The Morgan fingerprint density at radius 3 is 2.75 bits per heavy atom. The molecule has 0 unspecified atom stereocenters. The largest absolute Gasteiger partial charge is 0.344 e. The molecular weight excluding hydrogens is 152 g/mol. The van der Waals surface area contributed by atoms with Crippen molar-refractivity contribution < 1.29 is 0 Å². The highest BCUT2D eigenvalue weighted by Gasteiger charge is 2.01. The third-order valence-corrected chi connectivity index (χ3v) is 1.69. The molecular formula is C8H18N4. The lowest BCUT2D eigenvalue weighted by molar-refractivity contribution is 0.616. The predicted octanol–water partition coefficient (Wildman–Crippen LogP) is 0.875. The van der Waals surface area contributed by atoms with Crippen molar-refractivity contribution >= 4 is 0 Å². The van der Waals surface area contributed by atoms with E-state index in [2.05, 4.69) is 18.1 Å². The van der Waals surface area contributed by atoms with Gasteiger partial charge in [0.05, 0.1) is 5.69 Å². The van der Waals surface area contributed by atoms with Crippen LogP contribution >= 0.6 is 0 Å². The van der Waals surface area contributed by atoms with Crippen LogP contribution in [0.1, 0.15) is 18.3 Å². The molecule has 4 heteroatoms. The molecule has 0 aromatic carbocycles. The first-order valence-corrected chi connectivity index (χ1v) is 4.01. The molecule has 0 saturated heterocycles. The number of hydrogen-bond acceptors (Lipinski definition) is 3. The molecule has 5 N–H and O–H groups in total. The van der Waals surface area contributed by atoms with Gasteiger partial charge in [-0.2, -0.15) is 5.10 Å². The van der Waals surface area contributed by atoms with E-state index in [-0.39, 0.29) is 6.15 Å². The summed E-state index contributed by atoms with van der Waals surface area (Å²) in [7, 11) is 0. The molecule has 12 heavy (non-hydrogen) atoms. The van der Waals surface area contributed by atoms with Gasteiger partial charge >= 0.3 is 0 Å². The van der Waals surface area contributed by atoms with Crippen molar-refractivity contribution in [2.75, 3.05) is 6.54 Å². The van der Waals surface area contributed by atoms with Crippen molar-refractivity contribution in [1.29, 1.82) is 0 Å². The van der Waals surface area contributed by atoms with Crippen molar-refractivity contribution in [3.05, 3.63) is 17.5 Å². The van der Waals surface area contributed by atoms with Gasteiger partial charge in [-0.05, 0) is 26.5 Å². The van der Waals surface area contributed by atoms with E-state index in [0.717, 1.165) is 18.7 Å². The van der Waals surface area contributed by atoms with Crippen molar-refractivity contribution in [2.24, 2.45) is 5.73 Å². The maximum absolute atomic E-state index is 5.45. The van der Waals surface area contributed by atoms with E-state index in [9.17, 15) is 0 Å². The fourth-order valence-corrected chi connectivity index (χ4v) is 1.22. The van der Waals surface area contributed by atoms with Crippen LogP contribution in [0, 0.1) is 6.92 Å². The predicted molar refractivity (Wildman–Crippen MR) is 50.4 cm³/mol. The highest BCUT2D eigenvalue weighted by atomic mass is 15.3. The van der Waals surface area contributed by atoms with Gasteiger partial charge in [0, 0.05) is 18.7 Å². The molecule has 0 aliphatic carbocycles. The van der Waals surface area contributed by atoms with Gasteiger partial charge < -0.3 is 11.9 Å². The molecule has 1 aromatic heterocycles. The van der Waals surface area contributed by atoms with Crippen LogP contribution in [0.25, 0.3) is 0 Å². The maximum atomic E-state index is 5.45. The summed E-state index contributed by atoms with van der Waals surface area (Å²) in [4.78, 5) is 0. The standard InChI is InChI=1S/C8H15N3.H3N/c1-3-11-8(4-5-9)6-7(2)10-11;/h6H,3-5,9H2,1-2H3;1H3. The van der Waals surface area contributed by atoms with Gasteiger partial charge in [-0.3, -0.25) is 4.68 Å². The zero-order chi connectivity index (χ0) is 8.27. The summed E-state index contributed by atoms with van der Waals surface area (Å²) in [6.45, 7) is 5.73. The summed E-state index contributed by atoms with van der Waals surface area (Å²) in [5.74, 6) is 0. The van der Waals surface area contributed by atoms with Gasteiger partial charge in [-0.25, -0.2) is 0 Å². The minimum absolute atomic E-state index is 0. The van der Waals surface area contributed by atoms with E-state index in [1.165, 1.54) is 5.69 Å². The molecule has 0 atom stereocenters. The Hall–Kier alpha value is -0.870. The minimum atomic E-state index is 0. The van der Waals surface area contributed by atoms with Crippen molar-refractivity contribution in [3.8, 4) is 0 Å². The van der Waals surface area contributed by atoms with E-state index in [0.29, 0.717) is 6.54 Å². The molecule has 70 valence electrons. The normalized spacial score (nSPS) is 9.58. The van der Waals surface area contributed by atoms with Crippen LogP contribution in [-0.4, -0.2) is 16.3 Å².